The van der Waals surface area contributed by atoms with E-state index in [1.54, 1.807) is 7.11 Å². The highest BCUT2D eigenvalue weighted by Crippen LogP contribution is 2.27. The topological polar surface area (TPSA) is 61.9 Å². The normalized spacial score (nSPS) is 11.1. The number of carbonyl (C=O) groups is 1. The van der Waals surface area contributed by atoms with E-state index in [4.69, 9.17) is 4.74 Å². The molecule has 4 rings (SSSR count). The summed E-state index contributed by atoms with van der Waals surface area (Å²) in [5, 5.41) is 10.3. The number of ether oxygens (including phenoxy) is 1. The number of benzene rings is 2. The summed E-state index contributed by atoms with van der Waals surface area (Å²) in [6.45, 7) is 2.91. The Morgan fingerprint density at radius 1 is 1.10 bits per heavy atom. The van der Waals surface area contributed by atoms with Crippen molar-refractivity contribution in [2.75, 3.05) is 12.9 Å². The second kappa shape index (κ2) is 8.13. The second-order valence-electron chi connectivity index (χ2n) is 6.65. The average Bonchev–Trinajstić information content (AvgIpc) is 3.32. The van der Waals surface area contributed by atoms with Gasteiger partial charge < -0.3 is 13.9 Å². The van der Waals surface area contributed by atoms with Crippen LogP contribution in [0.3, 0.4) is 0 Å². The zero-order chi connectivity index (χ0) is 20.4. The van der Waals surface area contributed by atoms with Gasteiger partial charge in [0.25, 0.3) is 0 Å². The second-order valence-corrected chi connectivity index (χ2v) is 7.59. The maximum Gasteiger partial charge on any atom is 0.191 e. The van der Waals surface area contributed by atoms with Crippen LogP contribution in [0.15, 0.2) is 59.9 Å². The maximum atomic E-state index is 12.9. The summed E-state index contributed by atoms with van der Waals surface area (Å²) in [4.78, 5) is 12.9. The fourth-order valence-corrected chi connectivity index (χ4v) is 4.16. The van der Waals surface area contributed by atoms with Gasteiger partial charge in [0.05, 0.1) is 12.9 Å². The molecule has 0 saturated carbocycles. The van der Waals surface area contributed by atoms with E-state index in [1.807, 2.05) is 66.3 Å². The van der Waals surface area contributed by atoms with Gasteiger partial charge in [-0.15, -0.1) is 10.2 Å². The van der Waals surface area contributed by atoms with Crippen molar-refractivity contribution in [2.24, 2.45) is 7.05 Å². The van der Waals surface area contributed by atoms with Gasteiger partial charge in [-0.3, -0.25) is 4.79 Å². The first-order valence-corrected chi connectivity index (χ1v) is 10.4. The zero-order valence-electron chi connectivity index (χ0n) is 16.6. The monoisotopic (exact) mass is 406 g/mol. The molecule has 7 heteroatoms. The highest BCUT2D eigenvalue weighted by molar-refractivity contribution is 7.99. The predicted octanol–water partition coefficient (Wildman–Crippen LogP) is 4.44. The van der Waals surface area contributed by atoms with Crippen LogP contribution < -0.4 is 4.74 Å². The van der Waals surface area contributed by atoms with Gasteiger partial charge in [-0.25, -0.2) is 0 Å². The third kappa shape index (κ3) is 3.65. The van der Waals surface area contributed by atoms with Crippen LogP contribution in [0.5, 0.6) is 5.75 Å². The first-order chi connectivity index (χ1) is 14.1. The lowest BCUT2D eigenvalue weighted by atomic mass is 10.1. The Hall–Kier alpha value is -3.06. The third-order valence-electron chi connectivity index (χ3n) is 4.95. The predicted molar refractivity (Wildman–Crippen MR) is 116 cm³/mol. The number of ketones is 1. The number of hydrogen-bond donors (Lipinski definition) is 0. The quantitative estimate of drug-likeness (QED) is 0.335. The lowest BCUT2D eigenvalue weighted by Crippen LogP contribution is -2.03. The van der Waals surface area contributed by atoms with Crippen LogP contribution in [0, 0.1) is 0 Å². The Kier molecular flexibility index (Phi) is 5.40. The molecule has 0 spiro atoms. The van der Waals surface area contributed by atoms with Crippen molar-refractivity contribution < 1.29 is 9.53 Å². The standard InChI is InChI=1S/C22H22N4O2S/c1-4-26-13-18(17-7-5-6-8-19(17)26)20(27)14-29-22-24-23-21(25(22)2)15-9-11-16(28-3)12-10-15/h5-13H,4,14H2,1-3H3. The van der Waals surface area contributed by atoms with Gasteiger partial charge in [-0.1, -0.05) is 30.0 Å². The van der Waals surface area contributed by atoms with Crippen LogP contribution in [0.1, 0.15) is 17.3 Å². The summed E-state index contributed by atoms with van der Waals surface area (Å²) in [7, 11) is 3.55. The molecule has 0 atom stereocenters. The lowest BCUT2D eigenvalue weighted by Gasteiger charge is -2.05. The number of hydrogen-bond acceptors (Lipinski definition) is 5. The third-order valence-corrected chi connectivity index (χ3v) is 5.97. The number of thioether (sulfide) groups is 1. The van der Waals surface area contributed by atoms with Crippen molar-refractivity contribution in [1.82, 2.24) is 19.3 Å². The van der Waals surface area contributed by atoms with Crippen molar-refractivity contribution >= 4 is 28.4 Å². The Balaban J connectivity index is 1.52. The highest BCUT2D eigenvalue weighted by atomic mass is 32.2. The van der Waals surface area contributed by atoms with Crippen LogP contribution >= 0.6 is 11.8 Å². The van der Waals surface area contributed by atoms with Crippen LogP contribution in [0.2, 0.25) is 0 Å². The van der Waals surface area contributed by atoms with Gasteiger partial charge >= 0.3 is 0 Å². The maximum absolute atomic E-state index is 12.9. The van der Waals surface area contributed by atoms with Gasteiger partial charge in [-0.2, -0.15) is 0 Å². The summed E-state index contributed by atoms with van der Waals surface area (Å²) < 4.78 is 9.22. The molecule has 2 aromatic carbocycles. The fourth-order valence-electron chi connectivity index (χ4n) is 3.37. The SMILES string of the molecule is CCn1cc(C(=O)CSc2nnc(-c3ccc(OC)cc3)n2C)c2ccccc21. The van der Waals surface area contributed by atoms with E-state index in [0.717, 1.165) is 40.1 Å². The zero-order valence-corrected chi connectivity index (χ0v) is 17.4. The largest absolute Gasteiger partial charge is 0.497 e. The van der Waals surface area contributed by atoms with E-state index in [2.05, 4.69) is 21.7 Å². The number of rotatable bonds is 7. The molecule has 4 aromatic rings. The molecule has 0 unspecified atom stereocenters. The summed E-state index contributed by atoms with van der Waals surface area (Å²) in [6.07, 6.45) is 1.95. The molecule has 29 heavy (non-hydrogen) atoms. The smallest absolute Gasteiger partial charge is 0.191 e. The molecule has 6 nitrogen and oxygen atoms in total. The Labute approximate surface area is 173 Å². The minimum absolute atomic E-state index is 0.0902. The summed E-state index contributed by atoms with van der Waals surface area (Å²) in [5.74, 6) is 1.95. The van der Waals surface area contributed by atoms with Crippen molar-refractivity contribution in [3.05, 3.63) is 60.3 Å². The molecule has 148 valence electrons. The molecule has 0 N–H and O–H groups in total. The molecular weight excluding hydrogens is 384 g/mol. The van der Waals surface area contributed by atoms with Gasteiger partial charge in [0, 0.05) is 41.8 Å². The van der Waals surface area contributed by atoms with Gasteiger partial charge in [0.1, 0.15) is 5.75 Å². The highest BCUT2D eigenvalue weighted by Gasteiger charge is 2.17. The van der Waals surface area contributed by atoms with E-state index in [9.17, 15) is 4.79 Å². The number of para-hydroxylation sites is 1. The molecule has 0 radical (unpaired) electrons. The number of Topliss-reactive ketones (excluding diaryl/α,β-unsaturated/α-hetero) is 1. The molecule has 0 aliphatic rings. The molecule has 2 heterocycles. The molecule has 0 saturated heterocycles. The fraction of sp³-hybridized carbons (Fsp3) is 0.227. The van der Waals surface area contributed by atoms with Gasteiger partial charge in [0.2, 0.25) is 0 Å². The molecular formula is C22H22N4O2S. The molecule has 0 fully saturated rings. The molecule has 0 aliphatic carbocycles. The summed E-state index contributed by atoms with van der Waals surface area (Å²) in [5.41, 5.74) is 2.79. The van der Waals surface area contributed by atoms with Crippen molar-refractivity contribution in [3.63, 3.8) is 0 Å². The summed E-state index contributed by atoms with van der Waals surface area (Å²) in [6, 6.07) is 15.7. The first-order valence-electron chi connectivity index (χ1n) is 9.40. The van der Waals surface area contributed by atoms with Crippen LogP contribution in [0.25, 0.3) is 22.3 Å². The van der Waals surface area contributed by atoms with E-state index >= 15 is 0 Å². The Morgan fingerprint density at radius 3 is 2.59 bits per heavy atom. The Morgan fingerprint density at radius 2 is 1.86 bits per heavy atom. The molecule has 0 bridgehead atoms. The minimum atomic E-state index is 0.0902. The number of fused-ring (bicyclic) bond motifs is 1. The van der Waals surface area contributed by atoms with E-state index < -0.39 is 0 Å². The molecule has 0 aliphatic heterocycles. The number of nitrogens with zero attached hydrogens (tertiary/aromatic N) is 4. The van der Waals surface area contributed by atoms with Crippen molar-refractivity contribution in [3.8, 4) is 17.1 Å². The van der Waals surface area contributed by atoms with Crippen LogP contribution in [0.4, 0.5) is 0 Å². The van der Waals surface area contributed by atoms with E-state index in [-0.39, 0.29) is 5.78 Å². The number of aromatic nitrogens is 4. The average molecular weight is 407 g/mol. The first kappa shape index (κ1) is 19.3. The summed E-state index contributed by atoms with van der Waals surface area (Å²) >= 11 is 1.40. The lowest BCUT2D eigenvalue weighted by molar-refractivity contribution is 0.102. The number of carbonyl (C=O) groups excluding carboxylic acids is 1. The van der Waals surface area contributed by atoms with Gasteiger partial charge in [-0.05, 0) is 37.3 Å². The number of methoxy groups -OCH3 is 1. The van der Waals surface area contributed by atoms with Gasteiger partial charge in [0.15, 0.2) is 16.8 Å². The van der Waals surface area contributed by atoms with Crippen molar-refractivity contribution in [1.29, 1.82) is 0 Å². The van der Waals surface area contributed by atoms with E-state index in [1.165, 1.54) is 11.8 Å². The van der Waals surface area contributed by atoms with Crippen molar-refractivity contribution in [2.45, 2.75) is 18.6 Å². The Bertz CT molecular complexity index is 1160. The minimum Gasteiger partial charge on any atom is -0.497 e. The molecule has 0 amide bonds. The van der Waals surface area contributed by atoms with E-state index in [0.29, 0.717) is 10.9 Å². The van der Waals surface area contributed by atoms with Crippen LogP contribution in [-0.2, 0) is 13.6 Å². The number of aryl methyl sites for hydroxylation is 1. The molecule has 2 aromatic heterocycles. The van der Waals surface area contributed by atoms with Crippen LogP contribution in [-0.4, -0.2) is 38.0 Å².